The van der Waals surface area contributed by atoms with Crippen molar-refractivity contribution in [2.24, 2.45) is 5.92 Å². The van der Waals surface area contributed by atoms with Crippen LogP contribution in [0.15, 0.2) is 59.5 Å². The standard InChI is InChI=1S/C24H31NO2S/c1-24(2,28(26,27)21-10-4-3-5-11-21)15-8-16-25-17-20-14-13-19-9-6-7-12-22(19)23(20)18-25/h3-7,9-12,20,23H,8,13-18H2,1-2H3/t20?,23-/m0/s1. The summed E-state index contributed by atoms with van der Waals surface area (Å²) in [6.07, 6.45) is 4.09. The first-order chi connectivity index (χ1) is 13.4. The van der Waals surface area contributed by atoms with Gasteiger partial charge in [0.2, 0.25) is 0 Å². The SMILES string of the molecule is CC(C)(CCCN1CC2CCc3ccccc3[C@H]2C1)S(=O)(=O)c1ccccc1. The molecule has 0 saturated carbocycles. The van der Waals surface area contributed by atoms with Gasteiger partial charge in [-0.05, 0) is 75.3 Å². The summed E-state index contributed by atoms with van der Waals surface area (Å²) in [7, 11) is -3.31. The highest BCUT2D eigenvalue weighted by atomic mass is 32.2. The molecule has 1 fully saturated rings. The van der Waals surface area contributed by atoms with Crippen LogP contribution in [0.1, 0.15) is 50.2 Å². The number of aryl methyl sites for hydroxylation is 1. The summed E-state index contributed by atoms with van der Waals surface area (Å²) in [5, 5.41) is 0. The van der Waals surface area contributed by atoms with Gasteiger partial charge in [-0.25, -0.2) is 8.42 Å². The van der Waals surface area contributed by atoms with Crippen molar-refractivity contribution in [1.82, 2.24) is 4.90 Å². The van der Waals surface area contributed by atoms with E-state index in [0.717, 1.165) is 32.0 Å². The van der Waals surface area contributed by atoms with Crippen LogP contribution in [0.4, 0.5) is 0 Å². The lowest BCUT2D eigenvalue weighted by Gasteiger charge is -2.27. The molecule has 2 atom stereocenters. The largest absolute Gasteiger partial charge is 0.302 e. The van der Waals surface area contributed by atoms with E-state index in [2.05, 4.69) is 29.2 Å². The van der Waals surface area contributed by atoms with Crippen molar-refractivity contribution in [3.05, 3.63) is 65.7 Å². The molecule has 0 amide bonds. The lowest BCUT2D eigenvalue weighted by Crippen LogP contribution is -2.33. The minimum Gasteiger partial charge on any atom is -0.302 e. The van der Waals surface area contributed by atoms with E-state index in [0.29, 0.717) is 17.2 Å². The highest BCUT2D eigenvalue weighted by Crippen LogP contribution is 2.41. The van der Waals surface area contributed by atoms with E-state index in [-0.39, 0.29) is 0 Å². The Morgan fingerprint density at radius 1 is 1.00 bits per heavy atom. The number of sulfone groups is 1. The van der Waals surface area contributed by atoms with Gasteiger partial charge in [0.25, 0.3) is 0 Å². The van der Waals surface area contributed by atoms with Crippen LogP contribution < -0.4 is 0 Å². The van der Waals surface area contributed by atoms with Gasteiger partial charge in [0.1, 0.15) is 0 Å². The van der Waals surface area contributed by atoms with Crippen molar-refractivity contribution in [3.8, 4) is 0 Å². The summed E-state index contributed by atoms with van der Waals surface area (Å²) in [4.78, 5) is 2.99. The minimum absolute atomic E-state index is 0.434. The van der Waals surface area contributed by atoms with Crippen molar-refractivity contribution in [2.45, 2.75) is 55.1 Å². The Bertz CT molecular complexity index is 921. The minimum atomic E-state index is -3.31. The molecule has 4 heteroatoms. The fraction of sp³-hybridized carbons (Fsp3) is 0.500. The van der Waals surface area contributed by atoms with E-state index in [4.69, 9.17) is 0 Å². The van der Waals surface area contributed by atoms with Crippen LogP contribution in [-0.4, -0.2) is 37.7 Å². The molecule has 2 aromatic rings. The molecule has 2 aliphatic rings. The summed E-state index contributed by atoms with van der Waals surface area (Å²) in [5.41, 5.74) is 3.08. The van der Waals surface area contributed by atoms with Crippen LogP contribution >= 0.6 is 0 Å². The van der Waals surface area contributed by atoms with Gasteiger partial charge in [-0.1, -0.05) is 42.5 Å². The summed E-state index contributed by atoms with van der Waals surface area (Å²) in [5.74, 6) is 1.42. The quantitative estimate of drug-likeness (QED) is 0.710. The van der Waals surface area contributed by atoms with Gasteiger partial charge in [-0.15, -0.1) is 0 Å². The van der Waals surface area contributed by atoms with E-state index >= 15 is 0 Å². The number of rotatable bonds is 6. The molecular weight excluding hydrogens is 366 g/mol. The predicted molar refractivity (Wildman–Crippen MR) is 114 cm³/mol. The average Bonchev–Trinajstić information content (AvgIpc) is 3.12. The Morgan fingerprint density at radius 3 is 2.50 bits per heavy atom. The Labute approximate surface area is 169 Å². The van der Waals surface area contributed by atoms with Crippen molar-refractivity contribution >= 4 is 9.84 Å². The van der Waals surface area contributed by atoms with Crippen molar-refractivity contribution in [3.63, 3.8) is 0 Å². The van der Waals surface area contributed by atoms with E-state index in [1.807, 2.05) is 19.9 Å². The molecule has 1 aliphatic heterocycles. The van der Waals surface area contributed by atoms with Gasteiger partial charge in [0.15, 0.2) is 9.84 Å². The van der Waals surface area contributed by atoms with Gasteiger partial charge in [0.05, 0.1) is 9.64 Å². The topological polar surface area (TPSA) is 37.4 Å². The molecule has 0 bridgehead atoms. The molecule has 1 aliphatic carbocycles. The lowest BCUT2D eigenvalue weighted by molar-refractivity contribution is 0.308. The first-order valence-electron chi connectivity index (χ1n) is 10.5. The molecule has 4 rings (SSSR count). The van der Waals surface area contributed by atoms with Crippen LogP contribution in [0.2, 0.25) is 0 Å². The van der Waals surface area contributed by atoms with Gasteiger partial charge >= 0.3 is 0 Å². The molecular formula is C24H31NO2S. The maximum absolute atomic E-state index is 13.0. The van der Waals surface area contributed by atoms with Crippen LogP contribution in [0.3, 0.4) is 0 Å². The first kappa shape index (κ1) is 19.7. The summed E-state index contributed by atoms with van der Waals surface area (Å²) in [6, 6.07) is 17.8. The van der Waals surface area contributed by atoms with Gasteiger partial charge in [-0.3, -0.25) is 0 Å². The highest BCUT2D eigenvalue weighted by molar-refractivity contribution is 7.92. The molecule has 0 radical (unpaired) electrons. The van der Waals surface area contributed by atoms with E-state index in [1.165, 1.54) is 18.4 Å². The van der Waals surface area contributed by atoms with Crippen LogP contribution in [0.25, 0.3) is 0 Å². The van der Waals surface area contributed by atoms with Gasteiger partial charge in [0, 0.05) is 19.0 Å². The Hall–Kier alpha value is -1.65. The third kappa shape index (κ3) is 3.65. The van der Waals surface area contributed by atoms with Crippen LogP contribution in [0, 0.1) is 5.92 Å². The zero-order valence-corrected chi connectivity index (χ0v) is 17.8. The molecule has 150 valence electrons. The molecule has 0 N–H and O–H groups in total. The van der Waals surface area contributed by atoms with E-state index in [9.17, 15) is 8.42 Å². The summed E-state index contributed by atoms with van der Waals surface area (Å²) < 4.78 is 25.3. The Kier molecular flexibility index (Phi) is 5.36. The third-order valence-corrected chi connectivity index (χ3v) is 9.34. The Balaban J connectivity index is 1.36. The highest BCUT2D eigenvalue weighted by Gasteiger charge is 2.38. The number of hydrogen-bond acceptors (Lipinski definition) is 3. The normalized spacial score (nSPS) is 22.6. The second-order valence-corrected chi connectivity index (χ2v) is 11.6. The monoisotopic (exact) mass is 397 g/mol. The van der Waals surface area contributed by atoms with Gasteiger partial charge in [-0.2, -0.15) is 0 Å². The van der Waals surface area contributed by atoms with Crippen molar-refractivity contribution < 1.29 is 8.42 Å². The van der Waals surface area contributed by atoms with Gasteiger partial charge < -0.3 is 4.90 Å². The lowest BCUT2D eigenvalue weighted by atomic mass is 9.77. The van der Waals surface area contributed by atoms with E-state index in [1.54, 1.807) is 29.8 Å². The first-order valence-corrected chi connectivity index (χ1v) is 12.0. The number of hydrogen-bond donors (Lipinski definition) is 0. The van der Waals surface area contributed by atoms with Crippen molar-refractivity contribution in [1.29, 1.82) is 0 Å². The summed E-state index contributed by atoms with van der Waals surface area (Å²) in [6.45, 7) is 7.01. The van der Waals surface area contributed by atoms with Crippen molar-refractivity contribution in [2.75, 3.05) is 19.6 Å². The average molecular weight is 398 g/mol. The maximum Gasteiger partial charge on any atom is 0.183 e. The molecule has 3 nitrogen and oxygen atoms in total. The zero-order chi connectivity index (χ0) is 19.8. The maximum atomic E-state index is 13.0. The smallest absolute Gasteiger partial charge is 0.183 e. The van der Waals surface area contributed by atoms with E-state index < -0.39 is 14.6 Å². The molecule has 1 unspecified atom stereocenters. The molecule has 1 saturated heterocycles. The number of likely N-dealkylation sites (tertiary alicyclic amines) is 1. The second kappa shape index (κ2) is 7.64. The third-order valence-electron chi connectivity index (χ3n) is 6.79. The molecule has 0 spiro atoms. The van der Waals surface area contributed by atoms with Crippen LogP contribution in [0.5, 0.6) is 0 Å². The molecule has 0 aromatic heterocycles. The zero-order valence-electron chi connectivity index (χ0n) is 17.0. The number of fused-ring (bicyclic) bond motifs is 3. The fourth-order valence-corrected chi connectivity index (χ4v) is 6.60. The molecule has 28 heavy (non-hydrogen) atoms. The van der Waals surface area contributed by atoms with Crippen LogP contribution in [-0.2, 0) is 16.3 Å². The summed E-state index contributed by atoms with van der Waals surface area (Å²) >= 11 is 0. The molecule has 2 aromatic carbocycles. The number of benzene rings is 2. The number of nitrogens with zero attached hydrogens (tertiary/aromatic N) is 1. The predicted octanol–water partition coefficient (Wildman–Crippen LogP) is 4.68. The second-order valence-electron chi connectivity index (χ2n) is 9.04. The fourth-order valence-electron chi connectivity index (χ4n) is 5.03. The Morgan fingerprint density at radius 2 is 1.71 bits per heavy atom. The molecule has 1 heterocycles.